The minimum atomic E-state index is -3.94. The molecule has 0 fully saturated rings. The van der Waals surface area contributed by atoms with Gasteiger partial charge >= 0.3 is 0 Å². The Hall–Kier alpha value is -0.660. The first kappa shape index (κ1) is 17.4. The third-order valence-corrected chi connectivity index (χ3v) is 4.09. The Balaban J connectivity index is 2.56. The lowest BCUT2D eigenvalue weighted by molar-refractivity contribution is 0.0806. The Labute approximate surface area is 124 Å². The third kappa shape index (κ3) is 5.76. The van der Waals surface area contributed by atoms with E-state index in [1.54, 1.807) is 24.3 Å². The molecule has 1 atom stereocenters. The molecule has 0 aliphatic carbocycles. The maximum atomic E-state index is 10.6. The van der Waals surface area contributed by atoms with E-state index >= 15 is 0 Å². The molecule has 0 spiro atoms. The van der Waals surface area contributed by atoms with Gasteiger partial charge in [0.15, 0.2) is 0 Å². The first-order valence-corrected chi connectivity index (χ1v) is 8.24. The van der Waals surface area contributed by atoms with Crippen LogP contribution in [-0.2, 0) is 10.1 Å². The van der Waals surface area contributed by atoms with E-state index in [0.29, 0.717) is 11.6 Å². The highest BCUT2D eigenvalue weighted by atomic mass is 35.5. The molecule has 0 heterocycles. The Morgan fingerprint density at radius 2 is 1.85 bits per heavy atom. The van der Waals surface area contributed by atoms with Gasteiger partial charge in [0.25, 0.3) is 10.1 Å². The Morgan fingerprint density at radius 3 is 2.35 bits per heavy atom. The van der Waals surface area contributed by atoms with Gasteiger partial charge in [-0.1, -0.05) is 23.7 Å². The van der Waals surface area contributed by atoms with Crippen LogP contribution in [0.2, 0.25) is 5.02 Å². The molecule has 0 saturated carbocycles. The number of aliphatic hydroxyl groups excluding tert-OH is 1. The predicted molar refractivity (Wildman–Crippen MR) is 79.5 cm³/mol. The topological polar surface area (TPSA) is 86.6 Å². The van der Waals surface area contributed by atoms with Crippen molar-refractivity contribution < 1.29 is 18.1 Å². The molecular formula is C13H20ClNO4S. The largest absolute Gasteiger partial charge is 0.387 e. The van der Waals surface area contributed by atoms with E-state index < -0.39 is 21.8 Å². The van der Waals surface area contributed by atoms with E-state index in [-0.39, 0.29) is 12.2 Å². The quantitative estimate of drug-likeness (QED) is 0.528. The van der Waals surface area contributed by atoms with Crippen molar-refractivity contribution in [2.24, 2.45) is 0 Å². The average molecular weight is 322 g/mol. The lowest BCUT2D eigenvalue weighted by Crippen LogP contribution is -2.45. The van der Waals surface area contributed by atoms with Crippen LogP contribution in [0.5, 0.6) is 0 Å². The van der Waals surface area contributed by atoms with Gasteiger partial charge in [-0.3, -0.25) is 4.55 Å². The van der Waals surface area contributed by atoms with Gasteiger partial charge in [0.2, 0.25) is 0 Å². The van der Waals surface area contributed by atoms with Crippen LogP contribution in [0, 0.1) is 0 Å². The molecule has 0 amide bonds. The second-order valence-electron chi connectivity index (χ2n) is 5.24. The molecule has 1 rings (SSSR count). The van der Waals surface area contributed by atoms with Crippen molar-refractivity contribution in [2.45, 2.75) is 31.9 Å². The molecule has 0 aromatic heterocycles. The molecule has 114 valence electrons. The zero-order valence-corrected chi connectivity index (χ0v) is 13.1. The molecule has 3 N–H and O–H groups in total. The van der Waals surface area contributed by atoms with Gasteiger partial charge in [0.1, 0.15) is 0 Å². The molecule has 1 aromatic rings. The first-order chi connectivity index (χ1) is 9.12. The number of hydrogen-bond donors (Lipinski definition) is 3. The summed E-state index contributed by atoms with van der Waals surface area (Å²) in [5.41, 5.74) is 0.0919. The van der Waals surface area contributed by atoms with Gasteiger partial charge < -0.3 is 10.4 Å². The van der Waals surface area contributed by atoms with Crippen LogP contribution in [0.3, 0.4) is 0 Å². The van der Waals surface area contributed by atoms with E-state index in [1.807, 2.05) is 13.8 Å². The summed E-state index contributed by atoms with van der Waals surface area (Å²) >= 11 is 5.80. The van der Waals surface area contributed by atoms with E-state index in [0.717, 1.165) is 5.56 Å². The summed E-state index contributed by atoms with van der Waals surface area (Å²) in [6.07, 6.45) is -0.485. The van der Waals surface area contributed by atoms with Gasteiger partial charge in [-0.25, -0.2) is 0 Å². The normalized spacial score (nSPS) is 14.2. The maximum absolute atomic E-state index is 10.6. The van der Waals surface area contributed by atoms with Gasteiger partial charge in [-0.05, 0) is 44.5 Å². The van der Waals surface area contributed by atoms with Crippen molar-refractivity contribution in [3.05, 3.63) is 34.9 Å². The summed E-state index contributed by atoms with van der Waals surface area (Å²) in [6.45, 7) is 4.01. The molecule has 0 radical (unpaired) electrons. The number of benzene rings is 1. The molecule has 20 heavy (non-hydrogen) atoms. The predicted octanol–water partition coefficient (Wildman–Crippen LogP) is 2.02. The van der Waals surface area contributed by atoms with Crippen LogP contribution >= 0.6 is 11.6 Å². The van der Waals surface area contributed by atoms with Crippen molar-refractivity contribution in [3.8, 4) is 0 Å². The zero-order valence-electron chi connectivity index (χ0n) is 11.5. The van der Waals surface area contributed by atoms with Gasteiger partial charge in [0, 0.05) is 10.6 Å². The highest BCUT2D eigenvalue weighted by Gasteiger charge is 2.28. The van der Waals surface area contributed by atoms with Crippen molar-refractivity contribution in [3.63, 3.8) is 0 Å². The van der Waals surface area contributed by atoms with Gasteiger partial charge in [-0.15, -0.1) is 0 Å². The number of halogens is 1. The lowest BCUT2D eigenvalue weighted by atomic mass is 9.91. The summed E-state index contributed by atoms with van der Waals surface area (Å²) in [7, 11) is -3.94. The first-order valence-electron chi connectivity index (χ1n) is 6.25. The van der Waals surface area contributed by atoms with E-state index in [1.165, 1.54) is 0 Å². The van der Waals surface area contributed by atoms with Crippen LogP contribution < -0.4 is 5.32 Å². The molecule has 7 heteroatoms. The summed E-state index contributed by atoms with van der Waals surface area (Å²) in [5.74, 6) is -0.298. The fraction of sp³-hybridized carbons (Fsp3) is 0.538. The minimum absolute atomic E-state index is 0.273. The smallest absolute Gasteiger partial charge is 0.264 e. The summed E-state index contributed by atoms with van der Waals surface area (Å²) in [6, 6.07) is 6.90. The standard InChI is InChI=1S/C13H20ClNO4S/c1-13(2,15-8-3-9-20(17,18)19)12(16)10-4-6-11(14)7-5-10/h4-7,12,15-16H,3,8-9H2,1-2H3,(H,17,18,19). The summed E-state index contributed by atoms with van der Waals surface area (Å²) in [5, 5.41) is 14.0. The molecule has 0 aliphatic rings. The highest BCUT2D eigenvalue weighted by Crippen LogP contribution is 2.26. The van der Waals surface area contributed by atoms with Gasteiger partial charge in [-0.2, -0.15) is 8.42 Å². The Bertz CT molecular complexity index is 528. The monoisotopic (exact) mass is 321 g/mol. The van der Waals surface area contributed by atoms with Crippen molar-refractivity contribution in [2.75, 3.05) is 12.3 Å². The number of nitrogens with one attached hydrogen (secondary N) is 1. The van der Waals surface area contributed by atoms with E-state index in [4.69, 9.17) is 16.2 Å². The van der Waals surface area contributed by atoms with Crippen molar-refractivity contribution in [1.82, 2.24) is 5.32 Å². The Kier molecular flexibility index (Phi) is 5.97. The summed E-state index contributed by atoms with van der Waals surface area (Å²) in [4.78, 5) is 0. The van der Waals surface area contributed by atoms with Crippen molar-refractivity contribution >= 4 is 21.7 Å². The number of rotatable bonds is 7. The molecule has 1 unspecified atom stereocenters. The van der Waals surface area contributed by atoms with Crippen LogP contribution in [-0.4, -0.2) is 35.9 Å². The van der Waals surface area contributed by atoms with Gasteiger partial charge in [0.05, 0.1) is 11.9 Å². The van der Waals surface area contributed by atoms with Crippen molar-refractivity contribution in [1.29, 1.82) is 0 Å². The van der Waals surface area contributed by atoms with E-state index in [9.17, 15) is 13.5 Å². The van der Waals surface area contributed by atoms with Crippen LogP contribution in [0.25, 0.3) is 0 Å². The molecule has 0 aliphatic heterocycles. The summed E-state index contributed by atoms with van der Waals surface area (Å²) < 4.78 is 29.9. The maximum Gasteiger partial charge on any atom is 0.264 e. The second-order valence-corrected chi connectivity index (χ2v) is 7.25. The van der Waals surface area contributed by atoms with E-state index in [2.05, 4.69) is 5.32 Å². The third-order valence-electron chi connectivity index (χ3n) is 3.03. The molecule has 1 aromatic carbocycles. The van der Waals surface area contributed by atoms with Crippen LogP contribution in [0.4, 0.5) is 0 Å². The average Bonchev–Trinajstić information content (AvgIpc) is 2.34. The SMILES string of the molecule is CC(C)(NCCCS(=O)(=O)O)C(O)c1ccc(Cl)cc1. The molecule has 0 saturated heterocycles. The van der Waals surface area contributed by atoms with Crippen LogP contribution in [0.15, 0.2) is 24.3 Å². The fourth-order valence-corrected chi connectivity index (χ4v) is 2.46. The molecule has 0 bridgehead atoms. The second kappa shape index (κ2) is 6.87. The number of aliphatic hydroxyl groups is 1. The lowest BCUT2D eigenvalue weighted by Gasteiger charge is -2.32. The Morgan fingerprint density at radius 1 is 1.30 bits per heavy atom. The van der Waals surface area contributed by atoms with Crippen LogP contribution in [0.1, 0.15) is 31.9 Å². The fourth-order valence-electron chi connectivity index (χ4n) is 1.82. The highest BCUT2D eigenvalue weighted by molar-refractivity contribution is 7.85. The zero-order chi connectivity index (χ0) is 15.4. The molecular weight excluding hydrogens is 302 g/mol. The molecule has 5 nitrogen and oxygen atoms in total. The minimum Gasteiger partial charge on any atom is -0.387 e. The number of hydrogen-bond acceptors (Lipinski definition) is 4.